The Balaban J connectivity index is 2.28. The number of nitrogens with one attached hydrogen (secondary N) is 1. The molecule has 19 heavy (non-hydrogen) atoms. The van der Waals surface area contributed by atoms with Crippen LogP contribution in [-0.2, 0) is 0 Å². The van der Waals surface area contributed by atoms with Crippen LogP contribution in [-0.4, -0.2) is 11.0 Å². The van der Waals surface area contributed by atoms with Gasteiger partial charge in [-0.2, -0.15) is 0 Å². The maximum Gasteiger partial charge on any atom is 0.259 e. The van der Waals surface area contributed by atoms with Gasteiger partial charge in [-0.05, 0) is 36.4 Å². The predicted molar refractivity (Wildman–Crippen MR) is 80.2 cm³/mol. The molecule has 0 unspecified atom stereocenters. The number of aromatic hydroxyl groups is 1. The second kappa shape index (κ2) is 5.82. The van der Waals surface area contributed by atoms with Gasteiger partial charge in [-0.1, -0.05) is 39.1 Å². The van der Waals surface area contributed by atoms with Crippen LogP contribution in [0.4, 0.5) is 5.69 Å². The highest BCUT2D eigenvalue weighted by molar-refractivity contribution is 9.10. The summed E-state index contributed by atoms with van der Waals surface area (Å²) in [6.07, 6.45) is 0. The highest BCUT2D eigenvalue weighted by Crippen LogP contribution is 2.28. The number of carbonyl (C=O) groups is 1. The Morgan fingerprint density at radius 3 is 2.58 bits per heavy atom. The van der Waals surface area contributed by atoms with Gasteiger partial charge < -0.3 is 10.4 Å². The van der Waals surface area contributed by atoms with Crippen molar-refractivity contribution in [3.8, 4) is 5.75 Å². The molecule has 0 aliphatic rings. The SMILES string of the molecule is O=C(Nc1cc(Cl)ccc1Cl)c1ccc(Br)cc1O. The molecular weight excluding hydrogens is 353 g/mol. The summed E-state index contributed by atoms with van der Waals surface area (Å²) >= 11 is 15.0. The fraction of sp³-hybridized carbons (Fsp3) is 0. The van der Waals surface area contributed by atoms with Crippen LogP contribution in [0.2, 0.25) is 10.0 Å². The molecule has 2 rings (SSSR count). The first-order chi connectivity index (χ1) is 8.97. The summed E-state index contributed by atoms with van der Waals surface area (Å²) in [4.78, 5) is 12.0. The first-order valence-corrected chi connectivity index (χ1v) is 6.77. The smallest absolute Gasteiger partial charge is 0.259 e. The number of rotatable bonds is 2. The van der Waals surface area contributed by atoms with E-state index in [0.717, 1.165) is 0 Å². The average molecular weight is 361 g/mol. The molecule has 1 amide bonds. The third-order valence-electron chi connectivity index (χ3n) is 2.38. The van der Waals surface area contributed by atoms with Gasteiger partial charge in [0, 0.05) is 9.50 Å². The number of hydrogen-bond donors (Lipinski definition) is 2. The van der Waals surface area contributed by atoms with Crippen molar-refractivity contribution in [3.05, 3.63) is 56.5 Å². The largest absolute Gasteiger partial charge is 0.507 e. The molecule has 98 valence electrons. The van der Waals surface area contributed by atoms with E-state index in [1.807, 2.05) is 0 Å². The summed E-state index contributed by atoms with van der Waals surface area (Å²) in [6, 6.07) is 9.35. The van der Waals surface area contributed by atoms with Crippen LogP contribution < -0.4 is 5.32 Å². The molecule has 2 aromatic rings. The monoisotopic (exact) mass is 359 g/mol. The van der Waals surface area contributed by atoms with E-state index in [1.54, 1.807) is 18.2 Å². The van der Waals surface area contributed by atoms with Gasteiger partial charge >= 0.3 is 0 Å². The van der Waals surface area contributed by atoms with Gasteiger partial charge in [-0.25, -0.2) is 0 Å². The van der Waals surface area contributed by atoms with Crippen LogP contribution in [0.5, 0.6) is 5.75 Å². The van der Waals surface area contributed by atoms with Crippen molar-refractivity contribution in [3.63, 3.8) is 0 Å². The molecule has 2 N–H and O–H groups in total. The minimum absolute atomic E-state index is 0.120. The fourth-order valence-corrected chi connectivity index (χ4v) is 2.17. The summed E-state index contributed by atoms with van der Waals surface area (Å²) in [5, 5.41) is 13.1. The van der Waals surface area contributed by atoms with Crippen LogP contribution in [0, 0.1) is 0 Å². The Labute approximate surface area is 128 Å². The van der Waals surface area contributed by atoms with E-state index in [1.165, 1.54) is 18.2 Å². The predicted octanol–water partition coefficient (Wildman–Crippen LogP) is 4.71. The van der Waals surface area contributed by atoms with E-state index in [9.17, 15) is 9.90 Å². The number of amides is 1. The van der Waals surface area contributed by atoms with Crippen molar-refractivity contribution in [1.29, 1.82) is 0 Å². The lowest BCUT2D eigenvalue weighted by Crippen LogP contribution is -2.12. The number of hydrogen-bond acceptors (Lipinski definition) is 2. The molecule has 0 aliphatic heterocycles. The number of halogens is 3. The lowest BCUT2D eigenvalue weighted by atomic mass is 10.2. The van der Waals surface area contributed by atoms with Crippen molar-refractivity contribution in [1.82, 2.24) is 0 Å². The summed E-state index contributed by atoms with van der Waals surface area (Å²) < 4.78 is 0.683. The van der Waals surface area contributed by atoms with Gasteiger partial charge in [0.2, 0.25) is 0 Å². The fourth-order valence-electron chi connectivity index (χ4n) is 1.48. The van der Waals surface area contributed by atoms with Crippen molar-refractivity contribution in [2.45, 2.75) is 0 Å². The summed E-state index contributed by atoms with van der Waals surface area (Å²) in [6.45, 7) is 0. The van der Waals surface area contributed by atoms with Gasteiger partial charge in [0.25, 0.3) is 5.91 Å². The van der Waals surface area contributed by atoms with Gasteiger partial charge in [0.1, 0.15) is 5.75 Å². The minimum Gasteiger partial charge on any atom is -0.507 e. The molecular formula is C13H8BrCl2NO2. The van der Waals surface area contributed by atoms with Crippen molar-refractivity contribution < 1.29 is 9.90 Å². The quantitative estimate of drug-likeness (QED) is 0.814. The Hall–Kier alpha value is -1.23. The third kappa shape index (κ3) is 3.41. The Kier molecular flexibility index (Phi) is 4.34. The molecule has 0 fully saturated rings. The Bertz CT molecular complexity index is 647. The zero-order valence-electron chi connectivity index (χ0n) is 9.45. The standard InChI is InChI=1S/C13H8BrCl2NO2/c14-7-1-3-9(12(18)5-7)13(19)17-11-6-8(15)2-4-10(11)16/h1-6,18H,(H,17,19). The van der Waals surface area contributed by atoms with E-state index in [4.69, 9.17) is 23.2 Å². The lowest BCUT2D eigenvalue weighted by Gasteiger charge is -2.09. The third-order valence-corrected chi connectivity index (χ3v) is 3.44. The molecule has 2 aromatic carbocycles. The molecule has 0 aromatic heterocycles. The van der Waals surface area contributed by atoms with Crippen LogP contribution in [0.1, 0.15) is 10.4 Å². The zero-order valence-corrected chi connectivity index (χ0v) is 12.6. The number of benzene rings is 2. The second-order valence-corrected chi connectivity index (χ2v) is 5.50. The number of phenolic OH excluding ortho intramolecular Hbond substituents is 1. The molecule has 6 heteroatoms. The zero-order chi connectivity index (χ0) is 14.0. The molecule has 0 radical (unpaired) electrons. The highest BCUT2D eigenvalue weighted by Gasteiger charge is 2.13. The molecule has 0 aliphatic carbocycles. The van der Waals surface area contributed by atoms with Crippen LogP contribution >= 0.6 is 39.1 Å². The van der Waals surface area contributed by atoms with Crippen molar-refractivity contribution in [2.75, 3.05) is 5.32 Å². The van der Waals surface area contributed by atoms with Crippen LogP contribution in [0.3, 0.4) is 0 Å². The van der Waals surface area contributed by atoms with Gasteiger partial charge in [-0.3, -0.25) is 4.79 Å². The van der Waals surface area contributed by atoms with E-state index >= 15 is 0 Å². The molecule has 0 saturated heterocycles. The highest BCUT2D eigenvalue weighted by atomic mass is 79.9. The molecule has 0 spiro atoms. The van der Waals surface area contributed by atoms with E-state index in [0.29, 0.717) is 20.2 Å². The van der Waals surface area contributed by atoms with E-state index < -0.39 is 5.91 Å². The number of carbonyl (C=O) groups excluding carboxylic acids is 1. The Morgan fingerprint density at radius 2 is 1.89 bits per heavy atom. The molecule has 0 saturated carbocycles. The van der Waals surface area contributed by atoms with Crippen molar-refractivity contribution in [2.24, 2.45) is 0 Å². The first-order valence-electron chi connectivity index (χ1n) is 5.22. The second-order valence-electron chi connectivity index (χ2n) is 3.74. The van der Waals surface area contributed by atoms with Crippen LogP contribution in [0.15, 0.2) is 40.9 Å². The maximum absolute atomic E-state index is 12.0. The van der Waals surface area contributed by atoms with Crippen LogP contribution in [0.25, 0.3) is 0 Å². The van der Waals surface area contributed by atoms with Gasteiger partial charge in [0.15, 0.2) is 0 Å². The van der Waals surface area contributed by atoms with E-state index in [-0.39, 0.29) is 11.3 Å². The minimum atomic E-state index is -0.464. The lowest BCUT2D eigenvalue weighted by molar-refractivity contribution is 0.102. The summed E-state index contributed by atoms with van der Waals surface area (Å²) in [5.41, 5.74) is 0.542. The Morgan fingerprint density at radius 1 is 1.16 bits per heavy atom. The molecule has 0 heterocycles. The van der Waals surface area contributed by atoms with Gasteiger partial charge in [0.05, 0.1) is 16.3 Å². The van der Waals surface area contributed by atoms with Gasteiger partial charge in [-0.15, -0.1) is 0 Å². The molecule has 0 bridgehead atoms. The summed E-state index contributed by atoms with van der Waals surface area (Å²) in [5.74, 6) is -0.584. The number of phenols is 1. The van der Waals surface area contributed by atoms with E-state index in [2.05, 4.69) is 21.2 Å². The summed E-state index contributed by atoms with van der Waals surface area (Å²) in [7, 11) is 0. The number of anilines is 1. The normalized spacial score (nSPS) is 10.3. The molecule has 3 nitrogen and oxygen atoms in total. The molecule has 0 atom stereocenters. The first kappa shape index (κ1) is 14.2. The average Bonchev–Trinajstić information content (AvgIpc) is 2.33. The van der Waals surface area contributed by atoms with Crippen molar-refractivity contribution >= 4 is 50.7 Å². The maximum atomic E-state index is 12.0. The topological polar surface area (TPSA) is 49.3 Å².